The monoisotopic (exact) mass is 408 g/mol. The summed E-state index contributed by atoms with van der Waals surface area (Å²) in [4.78, 5) is 26.2. The van der Waals surface area contributed by atoms with Crippen molar-refractivity contribution < 1.29 is 18.0 Å². The van der Waals surface area contributed by atoms with Gasteiger partial charge in [-0.15, -0.1) is 10.2 Å². The highest BCUT2D eigenvalue weighted by Gasteiger charge is 2.35. The Hall–Kier alpha value is -2.33. The number of sulfone groups is 1. The van der Waals surface area contributed by atoms with E-state index >= 15 is 0 Å². The zero-order valence-corrected chi connectivity index (χ0v) is 16.6. The van der Waals surface area contributed by atoms with Crippen LogP contribution in [-0.4, -0.2) is 47.9 Å². The first kappa shape index (κ1) is 19.4. The Labute approximate surface area is 161 Å². The van der Waals surface area contributed by atoms with Gasteiger partial charge in [-0.2, -0.15) is 0 Å². The van der Waals surface area contributed by atoms with E-state index in [1.165, 1.54) is 12.1 Å². The lowest BCUT2D eigenvalue weighted by molar-refractivity contribution is -0.129. The normalized spacial score (nSPS) is 17.5. The molecule has 0 saturated carbocycles. The van der Waals surface area contributed by atoms with Gasteiger partial charge in [0.05, 0.1) is 10.8 Å². The van der Waals surface area contributed by atoms with E-state index in [4.69, 9.17) is 0 Å². The minimum Gasteiger partial charge on any atom is -0.339 e. The Kier molecular flexibility index (Phi) is 5.56. The maximum Gasteiger partial charge on any atom is 0.231 e. The number of likely N-dealkylation sites (tertiary alicyclic amines) is 1. The van der Waals surface area contributed by atoms with Crippen LogP contribution < -0.4 is 5.32 Å². The standard InChI is InChI=1S/C17H20N4O4S2/c1-11(2)21-9-12(8-15(21)22)16(23)18-17-20-19-14(26-17)10-27(24,25)13-6-4-3-5-7-13/h3-7,11-12H,8-10H2,1-2H3,(H,18,20,23)/t12-/m1/s1. The van der Waals surface area contributed by atoms with Crippen molar-refractivity contribution in [3.05, 3.63) is 35.3 Å². The van der Waals surface area contributed by atoms with Gasteiger partial charge in [-0.1, -0.05) is 29.5 Å². The number of benzene rings is 1. The molecular weight excluding hydrogens is 388 g/mol. The van der Waals surface area contributed by atoms with Crippen LogP contribution in [0.3, 0.4) is 0 Å². The third kappa shape index (κ3) is 4.51. The smallest absolute Gasteiger partial charge is 0.231 e. The molecule has 0 bridgehead atoms. The van der Waals surface area contributed by atoms with Crippen molar-refractivity contribution >= 4 is 38.1 Å². The number of carbonyl (C=O) groups is 2. The van der Waals surface area contributed by atoms with Crippen molar-refractivity contribution in [3.63, 3.8) is 0 Å². The molecule has 10 heteroatoms. The summed E-state index contributed by atoms with van der Waals surface area (Å²) >= 11 is 1.02. The van der Waals surface area contributed by atoms with E-state index in [1.54, 1.807) is 23.1 Å². The minimum absolute atomic E-state index is 0.0444. The van der Waals surface area contributed by atoms with Gasteiger partial charge in [-0.25, -0.2) is 8.42 Å². The van der Waals surface area contributed by atoms with Crippen LogP contribution in [0, 0.1) is 5.92 Å². The van der Waals surface area contributed by atoms with Crippen LogP contribution in [0.4, 0.5) is 5.13 Å². The molecule has 2 heterocycles. The number of nitrogens with one attached hydrogen (secondary N) is 1. The third-order valence-corrected chi connectivity index (χ3v) is 6.93. The lowest BCUT2D eigenvalue weighted by atomic mass is 10.1. The Bertz CT molecular complexity index is 941. The molecule has 0 unspecified atom stereocenters. The molecule has 8 nitrogen and oxygen atoms in total. The number of hydrogen-bond donors (Lipinski definition) is 1. The van der Waals surface area contributed by atoms with Gasteiger partial charge in [-0.3, -0.25) is 9.59 Å². The summed E-state index contributed by atoms with van der Waals surface area (Å²) in [5.74, 6) is -1.08. The van der Waals surface area contributed by atoms with Gasteiger partial charge in [0.15, 0.2) is 9.84 Å². The molecule has 0 aliphatic carbocycles. The van der Waals surface area contributed by atoms with Crippen LogP contribution in [0.5, 0.6) is 0 Å². The molecule has 0 spiro atoms. The van der Waals surface area contributed by atoms with Gasteiger partial charge in [0.1, 0.15) is 10.8 Å². The SMILES string of the molecule is CC(C)N1C[C@H](C(=O)Nc2nnc(CS(=O)(=O)c3ccccc3)s2)CC1=O. The molecule has 1 aromatic carbocycles. The molecule has 144 valence electrons. The second kappa shape index (κ2) is 7.73. The summed E-state index contributed by atoms with van der Waals surface area (Å²) in [5, 5.41) is 10.9. The van der Waals surface area contributed by atoms with Gasteiger partial charge in [0.25, 0.3) is 0 Å². The summed E-state index contributed by atoms with van der Waals surface area (Å²) in [6.45, 7) is 4.18. The van der Waals surface area contributed by atoms with E-state index in [2.05, 4.69) is 15.5 Å². The second-order valence-corrected chi connectivity index (χ2v) is 9.65. The number of amides is 2. The average molecular weight is 409 g/mol. The Morgan fingerprint density at radius 1 is 1.30 bits per heavy atom. The first-order chi connectivity index (χ1) is 12.8. The summed E-state index contributed by atoms with van der Waals surface area (Å²) in [6, 6.07) is 8.15. The van der Waals surface area contributed by atoms with Gasteiger partial charge >= 0.3 is 0 Å². The molecule has 0 radical (unpaired) electrons. The predicted octanol–water partition coefficient (Wildman–Crippen LogP) is 1.71. The lowest BCUT2D eigenvalue weighted by Gasteiger charge is -2.20. The summed E-state index contributed by atoms with van der Waals surface area (Å²) in [7, 11) is -3.52. The van der Waals surface area contributed by atoms with Crippen molar-refractivity contribution in [2.24, 2.45) is 5.92 Å². The predicted molar refractivity (Wildman–Crippen MR) is 101 cm³/mol. The Balaban J connectivity index is 1.63. The van der Waals surface area contributed by atoms with Crippen molar-refractivity contribution in [1.82, 2.24) is 15.1 Å². The minimum atomic E-state index is -3.52. The van der Waals surface area contributed by atoms with E-state index in [1.807, 2.05) is 13.8 Å². The van der Waals surface area contributed by atoms with Crippen LogP contribution in [0.2, 0.25) is 0 Å². The molecule has 2 amide bonds. The molecule has 1 saturated heterocycles. The van der Waals surface area contributed by atoms with E-state index in [-0.39, 0.29) is 40.1 Å². The molecule has 27 heavy (non-hydrogen) atoms. The van der Waals surface area contributed by atoms with Crippen molar-refractivity contribution in [1.29, 1.82) is 0 Å². The van der Waals surface area contributed by atoms with Crippen molar-refractivity contribution in [2.75, 3.05) is 11.9 Å². The maximum absolute atomic E-state index is 12.4. The summed E-state index contributed by atoms with van der Waals surface area (Å²) in [5.41, 5.74) is 0. The summed E-state index contributed by atoms with van der Waals surface area (Å²) < 4.78 is 24.8. The zero-order valence-electron chi connectivity index (χ0n) is 15.0. The van der Waals surface area contributed by atoms with Gasteiger partial charge < -0.3 is 10.2 Å². The highest BCUT2D eigenvalue weighted by Crippen LogP contribution is 2.24. The molecule has 1 fully saturated rings. The van der Waals surface area contributed by atoms with Crippen molar-refractivity contribution in [2.45, 2.75) is 37.0 Å². The topological polar surface area (TPSA) is 109 Å². The molecule has 1 aromatic heterocycles. The number of aromatic nitrogens is 2. The fourth-order valence-electron chi connectivity index (χ4n) is 2.85. The zero-order chi connectivity index (χ0) is 19.6. The van der Waals surface area contributed by atoms with Crippen LogP contribution >= 0.6 is 11.3 Å². The van der Waals surface area contributed by atoms with Gasteiger partial charge in [0, 0.05) is 19.0 Å². The quantitative estimate of drug-likeness (QED) is 0.779. The second-order valence-electron chi connectivity index (χ2n) is 6.60. The number of rotatable bonds is 6. The number of nitrogens with zero attached hydrogens (tertiary/aromatic N) is 3. The molecule has 3 rings (SSSR count). The fraction of sp³-hybridized carbons (Fsp3) is 0.412. The van der Waals surface area contributed by atoms with Gasteiger partial charge in [0.2, 0.25) is 16.9 Å². The molecule has 1 aliphatic heterocycles. The lowest BCUT2D eigenvalue weighted by Crippen LogP contribution is -2.33. The highest BCUT2D eigenvalue weighted by atomic mass is 32.2. The fourth-order valence-corrected chi connectivity index (χ4v) is 5.21. The third-order valence-electron chi connectivity index (χ3n) is 4.27. The number of carbonyl (C=O) groups excluding carboxylic acids is 2. The van der Waals surface area contributed by atoms with E-state index in [9.17, 15) is 18.0 Å². The van der Waals surface area contributed by atoms with Crippen LogP contribution in [0.15, 0.2) is 35.2 Å². The largest absolute Gasteiger partial charge is 0.339 e. The molecule has 1 N–H and O–H groups in total. The maximum atomic E-state index is 12.4. The van der Waals surface area contributed by atoms with E-state index in [0.717, 1.165) is 11.3 Å². The van der Waals surface area contributed by atoms with Crippen LogP contribution in [0.25, 0.3) is 0 Å². The first-order valence-electron chi connectivity index (χ1n) is 8.47. The van der Waals surface area contributed by atoms with Crippen molar-refractivity contribution in [3.8, 4) is 0 Å². The van der Waals surface area contributed by atoms with E-state index in [0.29, 0.717) is 11.6 Å². The highest BCUT2D eigenvalue weighted by molar-refractivity contribution is 7.90. The van der Waals surface area contributed by atoms with Crippen LogP contribution in [-0.2, 0) is 25.2 Å². The molecule has 1 aliphatic rings. The molecule has 2 aromatic rings. The van der Waals surface area contributed by atoms with Crippen LogP contribution in [0.1, 0.15) is 25.3 Å². The number of hydrogen-bond acceptors (Lipinski definition) is 7. The van der Waals surface area contributed by atoms with Gasteiger partial charge in [-0.05, 0) is 26.0 Å². The summed E-state index contributed by atoms with van der Waals surface area (Å²) in [6.07, 6.45) is 0.165. The number of anilines is 1. The Morgan fingerprint density at radius 3 is 2.63 bits per heavy atom. The molecule has 1 atom stereocenters. The first-order valence-corrected chi connectivity index (χ1v) is 10.9. The average Bonchev–Trinajstić information content (AvgIpc) is 3.21. The Morgan fingerprint density at radius 2 is 2.00 bits per heavy atom. The van der Waals surface area contributed by atoms with E-state index < -0.39 is 15.8 Å². The molecular formula is C17H20N4O4S2.